The molecule has 1 aromatic heterocycles. The number of carbonyl (C=O) groups is 1. The lowest BCUT2D eigenvalue weighted by atomic mass is 10.1. The number of hydrogen-bond donors (Lipinski definition) is 0. The zero-order valence-corrected chi connectivity index (χ0v) is 25.8. The fraction of sp³-hybridized carbons (Fsp3) is 0.552. The first-order chi connectivity index (χ1) is 17.1. The Hall–Kier alpha value is -1.73. The summed E-state index contributed by atoms with van der Waals surface area (Å²) < 4.78 is 15.3. The Morgan fingerprint density at radius 1 is 0.946 bits per heavy atom. The zero-order valence-electron chi connectivity index (χ0n) is 23.3. The van der Waals surface area contributed by atoms with Gasteiger partial charge in [0.15, 0.2) is 8.32 Å². The normalized spacial score (nSPS) is 19.9. The second-order valence-corrected chi connectivity index (χ2v) is 18.4. The number of fused-ring (bicyclic) bond motifs is 3. The monoisotopic (exact) mass is 562 g/mol. The molecule has 2 aromatic carbocycles. The molecule has 8 heteroatoms. The van der Waals surface area contributed by atoms with Gasteiger partial charge in [-0.15, -0.1) is 0 Å². The van der Waals surface area contributed by atoms with Crippen LogP contribution in [0.3, 0.4) is 0 Å². The maximum absolute atomic E-state index is 13.2. The molecule has 202 valence electrons. The summed E-state index contributed by atoms with van der Waals surface area (Å²) in [5.41, 5.74) is 1.65. The Balaban J connectivity index is 1.85. The number of nitrogens with zero attached hydrogens (tertiary/aromatic N) is 2. The molecule has 37 heavy (non-hydrogen) atoms. The van der Waals surface area contributed by atoms with Crippen LogP contribution in [-0.4, -0.2) is 48.7 Å². The zero-order chi connectivity index (χ0) is 27.3. The SMILES string of the molecule is CC(C)(C)OC(=O)N1CCC[C@@H](n2c3ccc(Cl)cc3c3cc(Cl)ccc32)[C@H](O[Si](C)(C)C(C)(C)C)C1. The molecule has 0 aliphatic carbocycles. The number of aromatic nitrogens is 1. The van der Waals surface area contributed by atoms with Gasteiger partial charge in [-0.3, -0.25) is 0 Å². The predicted molar refractivity (Wildman–Crippen MR) is 158 cm³/mol. The molecule has 0 bridgehead atoms. The average molecular weight is 564 g/mol. The fourth-order valence-electron chi connectivity index (χ4n) is 4.92. The van der Waals surface area contributed by atoms with Crippen molar-refractivity contribution in [3.05, 3.63) is 46.4 Å². The van der Waals surface area contributed by atoms with E-state index in [0.29, 0.717) is 23.1 Å². The highest BCUT2D eigenvalue weighted by Gasteiger charge is 2.43. The van der Waals surface area contributed by atoms with E-state index in [-0.39, 0.29) is 23.3 Å². The number of halogens is 2. The van der Waals surface area contributed by atoms with Crippen molar-refractivity contribution in [2.24, 2.45) is 0 Å². The number of ether oxygens (including phenoxy) is 1. The van der Waals surface area contributed by atoms with Crippen LogP contribution in [0.25, 0.3) is 21.8 Å². The van der Waals surface area contributed by atoms with E-state index in [1.165, 1.54) is 0 Å². The maximum atomic E-state index is 13.2. The summed E-state index contributed by atoms with van der Waals surface area (Å²) in [4.78, 5) is 15.0. The van der Waals surface area contributed by atoms with Crippen molar-refractivity contribution in [2.75, 3.05) is 13.1 Å². The fourth-order valence-corrected chi connectivity index (χ4v) is 6.61. The van der Waals surface area contributed by atoms with Gasteiger partial charge in [0, 0.05) is 38.4 Å². The van der Waals surface area contributed by atoms with Crippen molar-refractivity contribution in [3.63, 3.8) is 0 Å². The molecule has 1 amide bonds. The molecular weight excluding hydrogens is 523 g/mol. The van der Waals surface area contributed by atoms with Gasteiger partial charge in [-0.05, 0) is 88.1 Å². The van der Waals surface area contributed by atoms with Crippen LogP contribution in [0.1, 0.15) is 60.4 Å². The van der Waals surface area contributed by atoms with Crippen LogP contribution < -0.4 is 0 Å². The lowest BCUT2D eigenvalue weighted by molar-refractivity contribution is 0.0157. The molecule has 0 N–H and O–H groups in total. The van der Waals surface area contributed by atoms with Gasteiger partial charge in [-0.2, -0.15) is 0 Å². The molecule has 1 saturated heterocycles. The minimum absolute atomic E-state index is 0.0302. The molecule has 2 heterocycles. The smallest absolute Gasteiger partial charge is 0.410 e. The van der Waals surface area contributed by atoms with Crippen molar-refractivity contribution in [1.82, 2.24) is 9.47 Å². The van der Waals surface area contributed by atoms with E-state index in [0.717, 1.165) is 34.6 Å². The highest BCUT2D eigenvalue weighted by atomic mass is 35.5. The molecular formula is C29H40Cl2N2O3Si. The average Bonchev–Trinajstić information content (AvgIpc) is 2.91. The lowest BCUT2D eigenvalue weighted by Crippen LogP contribution is -2.50. The molecule has 0 radical (unpaired) electrons. The van der Waals surface area contributed by atoms with Gasteiger partial charge >= 0.3 is 6.09 Å². The summed E-state index contributed by atoms with van der Waals surface area (Å²) in [6, 6.07) is 12.1. The van der Waals surface area contributed by atoms with Crippen LogP contribution in [0, 0.1) is 0 Å². The minimum Gasteiger partial charge on any atom is -0.444 e. The third-order valence-electron chi connectivity index (χ3n) is 7.72. The molecule has 1 aliphatic heterocycles. The summed E-state index contributed by atoms with van der Waals surface area (Å²) >= 11 is 12.9. The second kappa shape index (κ2) is 10.1. The highest BCUT2D eigenvalue weighted by Crippen LogP contribution is 2.42. The number of amides is 1. The second-order valence-electron chi connectivity index (χ2n) is 12.7. The molecule has 0 saturated carbocycles. The van der Waals surface area contributed by atoms with Crippen molar-refractivity contribution in [2.45, 2.75) is 90.3 Å². The topological polar surface area (TPSA) is 43.7 Å². The molecule has 1 aliphatic rings. The van der Waals surface area contributed by atoms with Gasteiger partial charge in [0.1, 0.15) is 5.60 Å². The van der Waals surface area contributed by atoms with Gasteiger partial charge in [0.05, 0.1) is 18.7 Å². The maximum Gasteiger partial charge on any atom is 0.410 e. The van der Waals surface area contributed by atoms with Gasteiger partial charge in [-0.1, -0.05) is 44.0 Å². The number of rotatable bonds is 3. The van der Waals surface area contributed by atoms with Gasteiger partial charge in [0.25, 0.3) is 0 Å². The lowest BCUT2D eigenvalue weighted by Gasteiger charge is -2.42. The van der Waals surface area contributed by atoms with E-state index in [2.05, 4.69) is 50.6 Å². The quantitative estimate of drug-likeness (QED) is 0.299. The molecule has 4 rings (SSSR count). The van der Waals surface area contributed by atoms with E-state index in [9.17, 15) is 4.79 Å². The van der Waals surface area contributed by atoms with Gasteiger partial charge in [0.2, 0.25) is 0 Å². The molecule has 2 atom stereocenters. The Morgan fingerprint density at radius 3 is 1.97 bits per heavy atom. The Kier molecular flexibility index (Phi) is 7.72. The Morgan fingerprint density at radius 2 is 1.49 bits per heavy atom. The first-order valence-corrected chi connectivity index (χ1v) is 16.8. The van der Waals surface area contributed by atoms with Crippen molar-refractivity contribution < 1.29 is 14.0 Å². The van der Waals surface area contributed by atoms with Crippen LogP contribution in [0.5, 0.6) is 0 Å². The standard InChI is InChI=1S/C29H40Cl2N2O3Si/c1-28(2,3)35-27(34)32-15-9-10-25(26(18-32)36-37(7,8)29(4,5)6)33-23-13-11-19(30)16-21(23)22-17-20(31)12-14-24(22)33/h11-14,16-17,25-26H,9-10,15,18H2,1-8H3/t25-,26-/m1/s1. The molecule has 0 unspecified atom stereocenters. The number of carbonyl (C=O) groups excluding carboxylic acids is 1. The largest absolute Gasteiger partial charge is 0.444 e. The molecule has 3 aromatic rings. The first kappa shape index (κ1) is 28.3. The van der Waals surface area contributed by atoms with Crippen LogP contribution in [0.4, 0.5) is 4.79 Å². The molecule has 0 spiro atoms. The molecule has 5 nitrogen and oxygen atoms in total. The van der Waals surface area contributed by atoms with Gasteiger partial charge in [-0.25, -0.2) is 4.79 Å². The minimum atomic E-state index is -2.17. The van der Waals surface area contributed by atoms with Crippen molar-refractivity contribution >= 4 is 59.4 Å². The number of benzene rings is 2. The van der Waals surface area contributed by atoms with E-state index in [1.807, 2.05) is 49.9 Å². The van der Waals surface area contributed by atoms with Crippen LogP contribution in [0.15, 0.2) is 36.4 Å². The van der Waals surface area contributed by atoms with Crippen LogP contribution >= 0.6 is 23.2 Å². The first-order valence-electron chi connectivity index (χ1n) is 13.1. The van der Waals surface area contributed by atoms with Crippen LogP contribution in [-0.2, 0) is 9.16 Å². The third kappa shape index (κ3) is 5.98. The summed E-state index contributed by atoms with van der Waals surface area (Å²) in [6.45, 7) is 18.1. The highest BCUT2D eigenvalue weighted by molar-refractivity contribution is 6.74. The number of hydrogen-bond acceptors (Lipinski definition) is 3. The summed E-state index contributed by atoms with van der Waals surface area (Å²) in [5.74, 6) is 0. The summed E-state index contributed by atoms with van der Waals surface area (Å²) in [6.07, 6.45) is 1.26. The van der Waals surface area contributed by atoms with E-state index in [4.69, 9.17) is 32.4 Å². The van der Waals surface area contributed by atoms with Crippen molar-refractivity contribution in [3.8, 4) is 0 Å². The Bertz CT molecular complexity index is 1250. The summed E-state index contributed by atoms with van der Waals surface area (Å²) in [7, 11) is -2.17. The van der Waals surface area contributed by atoms with Crippen LogP contribution in [0.2, 0.25) is 28.2 Å². The summed E-state index contributed by atoms with van der Waals surface area (Å²) in [5, 5.41) is 3.56. The molecule has 1 fully saturated rings. The van der Waals surface area contributed by atoms with Crippen molar-refractivity contribution in [1.29, 1.82) is 0 Å². The van der Waals surface area contributed by atoms with E-state index >= 15 is 0 Å². The van der Waals surface area contributed by atoms with E-state index < -0.39 is 13.9 Å². The van der Waals surface area contributed by atoms with E-state index in [1.54, 1.807) is 0 Å². The Labute approximate surface area is 232 Å². The predicted octanol–water partition coefficient (Wildman–Crippen LogP) is 9.06. The van der Waals surface area contributed by atoms with Gasteiger partial charge < -0.3 is 18.6 Å². The number of likely N-dealkylation sites (tertiary alicyclic amines) is 1. The third-order valence-corrected chi connectivity index (χ3v) is 12.7.